The Morgan fingerprint density at radius 3 is 2.74 bits per heavy atom. The van der Waals surface area contributed by atoms with Crippen molar-refractivity contribution in [2.75, 3.05) is 11.9 Å². The number of esters is 1. The van der Waals surface area contributed by atoms with Gasteiger partial charge in [-0.3, -0.25) is 4.79 Å². The molecule has 1 amide bonds. The van der Waals surface area contributed by atoms with Gasteiger partial charge in [0, 0.05) is 22.3 Å². The molecule has 0 bridgehead atoms. The predicted molar refractivity (Wildman–Crippen MR) is 117 cm³/mol. The maximum atomic E-state index is 12.5. The fourth-order valence-corrected chi connectivity index (χ4v) is 4.24. The third kappa shape index (κ3) is 3.72. The van der Waals surface area contributed by atoms with E-state index in [2.05, 4.69) is 27.2 Å². The van der Waals surface area contributed by atoms with Gasteiger partial charge in [0.15, 0.2) is 6.61 Å². The summed E-state index contributed by atoms with van der Waals surface area (Å²) >= 11 is 0. The second-order valence-corrected chi connectivity index (χ2v) is 8.15. The molecule has 0 saturated heterocycles. The van der Waals surface area contributed by atoms with E-state index >= 15 is 0 Å². The summed E-state index contributed by atoms with van der Waals surface area (Å²) in [5.41, 5.74) is 5.38. The minimum absolute atomic E-state index is 0.317. The van der Waals surface area contributed by atoms with Crippen LogP contribution in [0.5, 0.6) is 0 Å². The molecule has 0 aliphatic heterocycles. The molecule has 0 spiro atoms. The molecular weight excluding hydrogens is 396 g/mol. The normalized spacial score (nSPS) is 15.7. The molecule has 0 saturated carbocycles. The van der Waals surface area contributed by atoms with E-state index in [0.29, 0.717) is 28.2 Å². The Morgan fingerprint density at radius 1 is 1.06 bits per heavy atom. The Bertz CT molecular complexity index is 1380. The number of hydrogen-bond acceptors (Lipinski definition) is 4. The predicted octanol–water partition coefficient (Wildman–Crippen LogP) is 3.26. The van der Waals surface area contributed by atoms with E-state index in [0.717, 1.165) is 30.2 Å². The van der Waals surface area contributed by atoms with Crippen molar-refractivity contribution in [3.63, 3.8) is 0 Å². The lowest BCUT2D eigenvalue weighted by molar-refractivity contribution is -0.119. The Hall–Kier alpha value is -3.81. The molecule has 0 radical (unpaired) electrons. The average Bonchev–Trinajstić information content (AvgIpc) is 3.30. The van der Waals surface area contributed by atoms with E-state index in [1.54, 1.807) is 24.3 Å². The molecule has 1 atom stereocenters. The molecule has 8 nitrogen and oxygen atoms in total. The minimum atomic E-state index is -0.540. The standard InChI is InChI=1S/C23H22N4O4/c1-12-2-5-17-15(8-12)16-9-13(3-6-18(16)25-17)22(29)31-11-21(28)24-14-4-7-19-20(10-14)27-23(30)26-19/h3-4,6-7,9-10,12,25H,2,5,8,11H2,1H3,(H,24,28)(H2,26,27,30)/t12-/m1/s1. The van der Waals surface area contributed by atoms with Crippen LogP contribution in [0.15, 0.2) is 41.2 Å². The van der Waals surface area contributed by atoms with Crippen molar-refractivity contribution in [2.45, 2.75) is 26.2 Å². The fraction of sp³-hybridized carbons (Fsp3) is 0.261. The van der Waals surface area contributed by atoms with Crippen LogP contribution < -0.4 is 11.0 Å². The SMILES string of the molecule is C[C@@H]1CCc2[nH]c3ccc(C(=O)OCC(=O)Nc4ccc5[nH]c(=O)[nH]c5c4)cc3c2C1. The first-order chi connectivity index (χ1) is 15.0. The zero-order valence-corrected chi connectivity index (χ0v) is 17.0. The van der Waals surface area contributed by atoms with Gasteiger partial charge in [-0.15, -0.1) is 0 Å². The van der Waals surface area contributed by atoms with E-state index in [-0.39, 0.29) is 5.69 Å². The Kier molecular flexibility index (Phi) is 4.62. The van der Waals surface area contributed by atoms with E-state index < -0.39 is 18.5 Å². The van der Waals surface area contributed by atoms with Gasteiger partial charge >= 0.3 is 11.7 Å². The van der Waals surface area contributed by atoms with E-state index in [9.17, 15) is 14.4 Å². The topological polar surface area (TPSA) is 120 Å². The van der Waals surface area contributed by atoms with Gasteiger partial charge in [0.25, 0.3) is 5.91 Å². The largest absolute Gasteiger partial charge is 0.452 e. The van der Waals surface area contributed by atoms with Gasteiger partial charge in [-0.05, 0) is 67.1 Å². The smallest absolute Gasteiger partial charge is 0.338 e. The van der Waals surface area contributed by atoms with Crippen molar-refractivity contribution in [1.29, 1.82) is 0 Å². The summed E-state index contributed by atoms with van der Waals surface area (Å²) in [5.74, 6) is -0.380. The lowest BCUT2D eigenvalue weighted by Gasteiger charge is -2.18. The first kappa shape index (κ1) is 19.2. The number of anilines is 1. The number of hydrogen-bond donors (Lipinski definition) is 4. The zero-order chi connectivity index (χ0) is 21.5. The van der Waals surface area contributed by atoms with E-state index in [1.807, 2.05) is 12.1 Å². The second kappa shape index (κ2) is 7.46. The monoisotopic (exact) mass is 418 g/mol. The number of imidazole rings is 1. The number of rotatable bonds is 4. The van der Waals surface area contributed by atoms with Gasteiger partial charge < -0.3 is 25.0 Å². The summed E-state index contributed by atoms with van der Waals surface area (Å²) in [6.45, 7) is 1.84. The molecule has 5 rings (SSSR count). The molecule has 2 aromatic carbocycles. The van der Waals surface area contributed by atoms with Gasteiger partial charge in [0.2, 0.25) is 0 Å². The number of fused-ring (bicyclic) bond motifs is 4. The highest BCUT2D eigenvalue weighted by Crippen LogP contribution is 2.32. The van der Waals surface area contributed by atoms with Crippen LogP contribution in [0.2, 0.25) is 0 Å². The van der Waals surface area contributed by atoms with Crippen molar-refractivity contribution in [3.8, 4) is 0 Å². The van der Waals surface area contributed by atoms with E-state index in [4.69, 9.17) is 4.74 Å². The molecule has 1 aliphatic carbocycles. The van der Waals surface area contributed by atoms with Gasteiger partial charge in [-0.1, -0.05) is 6.92 Å². The molecular formula is C23H22N4O4. The van der Waals surface area contributed by atoms with Crippen LogP contribution in [-0.4, -0.2) is 33.4 Å². The first-order valence-electron chi connectivity index (χ1n) is 10.3. The van der Waals surface area contributed by atoms with Crippen molar-refractivity contribution >= 4 is 39.5 Å². The number of ether oxygens (including phenoxy) is 1. The third-order valence-electron chi connectivity index (χ3n) is 5.80. The van der Waals surface area contributed by atoms with Crippen LogP contribution in [0.1, 0.15) is 35.0 Å². The lowest BCUT2D eigenvalue weighted by atomic mass is 9.87. The number of carbonyl (C=O) groups excluding carboxylic acids is 2. The van der Waals surface area contributed by atoms with Crippen molar-refractivity contribution < 1.29 is 14.3 Å². The Labute approximate surface area is 177 Å². The zero-order valence-electron chi connectivity index (χ0n) is 17.0. The van der Waals surface area contributed by atoms with E-state index in [1.165, 1.54) is 11.3 Å². The number of H-pyrrole nitrogens is 3. The quantitative estimate of drug-likeness (QED) is 0.380. The highest BCUT2D eigenvalue weighted by Gasteiger charge is 2.21. The molecule has 1 aliphatic rings. The molecule has 8 heteroatoms. The highest BCUT2D eigenvalue weighted by molar-refractivity contribution is 5.99. The molecule has 158 valence electrons. The Balaban J connectivity index is 1.26. The van der Waals surface area contributed by atoms with Gasteiger partial charge in [0.05, 0.1) is 16.6 Å². The average molecular weight is 418 g/mol. The van der Waals surface area contributed by atoms with Gasteiger partial charge in [-0.2, -0.15) is 0 Å². The van der Waals surface area contributed by atoms with Gasteiger partial charge in [-0.25, -0.2) is 9.59 Å². The first-order valence-corrected chi connectivity index (χ1v) is 10.3. The van der Waals surface area contributed by atoms with Crippen molar-refractivity contribution in [2.24, 2.45) is 5.92 Å². The molecule has 31 heavy (non-hydrogen) atoms. The van der Waals surface area contributed by atoms with Crippen molar-refractivity contribution in [1.82, 2.24) is 15.0 Å². The van der Waals surface area contributed by atoms with Crippen LogP contribution in [-0.2, 0) is 22.4 Å². The maximum Gasteiger partial charge on any atom is 0.338 e. The number of aryl methyl sites for hydroxylation is 1. The molecule has 4 N–H and O–H groups in total. The third-order valence-corrected chi connectivity index (χ3v) is 5.80. The number of carbonyl (C=O) groups is 2. The molecule has 0 unspecified atom stereocenters. The summed E-state index contributed by atoms with van der Waals surface area (Å²) in [6.07, 6.45) is 3.18. The molecule has 2 aromatic heterocycles. The van der Waals surface area contributed by atoms with Crippen LogP contribution in [0.4, 0.5) is 5.69 Å². The second-order valence-electron chi connectivity index (χ2n) is 8.15. The number of aromatic amines is 3. The fourth-order valence-electron chi connectivity index (χ4n) is 4.24. The number of amides is 1. The van der Waals surface area contributed by atoms with Crippen molar-refractivity contribution in [3.05, 3.63) is 63.7 Å². The van der Waals surface area contributed by atoms with Crippen LogP contribution in [0.25, 0.3) is 21.9 Å². The van der Waals surface area contributed by atoms with Crippen LogP contribution in [0.3, 0.4) is 0 Å². The number of aromatic nitrogens is 3. The molecule has 0 fully saturated rings. The maximum absolute atomic E-state index is 12.5. The highest BCUT2D eigenvalue weighted by atomic mass is 16.5. The number of nitrogens with one attached hydrogen (secondary N) is 4. The minimum Gasteiger partial charge on any atom is -0.452 e. The molecule has 2 heterocycles. The Morgan fingerprint density at radius 2 is 1.87 bits per heavy atom. The summed E-state index contributed by atoms with van der Waals surface area (Å²) in [4.78, 5) is 44.8. The molecule has 4 aromatic rings. The van der Waals surface area contributed by atoms with Crippen LogP contribution >= 0.6 is 0 Å². The summed E-state index contributed by atoms with van der Waals surface area (Å²) in [6, 6.07) is 10.4. The lowest BCUT2D eigenvalue weighted by Crippen LogP contribution is -2.20. The van der Waals surface area contributed by atoms with Gasteiger partial charge in [0.1, 0.15) is 0 Å². The van der Waals surface area contributed by atoms with Crippen LogP contribution in [0, 0.1) is 5.92 Å². The summed E-state index contributed by atoms with van der Waals surface area (Å²) in [5, 5.41) is 3.71. The number of benzene rings is 2. The summed E-state index contributed by atoms with van der Waals surface area (Å²) in [7, 11) is 0. The summed E-state index contributed by atoms with van der Waals surface area (Å²) < 4.78 is 5.22.